The highest BCUT2D eigenvalue weighted by Gasteiger charge is 2.14. The topological polar surface area (TPSA) is 58.7 Å². The lowest BCUT2D eigenvalue weighted by molar-refractivity contribution is 0.112. The molecule has 1 aromatic carbocycles. The number of aryl methyl sites for hydroxylation is 1. The summed E-state index contributed by atoms with van der Waals surface area (Å²) in [4.78, 5) is 11.2. The SMILES string of the molecule is CCCCn1cc(C=O)c(-c2ccc(C#N)cc2Cl)n1. The zero-order valence-corrected chi connectivity index (χ0v) is 11.9. The zero-order valence-electron chi connectivity index (χ0n) is 11.1. The van der Waals surface area contributed by atoms with Crippen LogP contribution in [0.4, 0.5) is 0 Å². The number of hydrogen-bond donors (Lipinski definition) is 0. The minimum Gasteiger partial charge on any atom is -0.298 e. The number of aromatic nitrogens is 2. The molecule has 0 fully saturated rings. The third kappa shape index (κ3) is 2.89. The Morgan fingerprint density at radius 2 is 2.30 bits per heavy atom. The summed E-state index contributed by atoms with van der Waals surface area (Å²) >= 11 is 6.17. The molecule has 2 aromatic rings. The van der Waals surface area contributed by atoms with E-state index in [9.17, 15) is 4.79 Å². The first-order chi connectivity index (χ1) is 9.69. The fraction of sp³-hybridized carbons (Fsp3) is 0.267. The predicted molar refractivity (Wildman–Crippen MR) is 77.7 cm³/mol. The van der Waals surface area contributed by atoms with Crippen molar-refractivity contribution < 1.29 is 4.79 Å². The fourth-order valence-corrected chi connectivity index (χ4v) is 2.21. The molecule has 0 radical (unpaired) electrons. The number of nitrogens with zero attached hydrogens (tertiary/aromatic N) is 3. The summed E-state index contributed by atoms with van der Waals surface area (Å²) < 4.78 is 1.76. The van der Waals surface area contributed by atoms with Gasteiger partial charge in [-0.2, -0.15) is 10.4 Å². The molecule has 20 heavy (non-hydrogen) atoms. The van der Waals surface area contributed by atoms with Gasteiger partial charge in [0.05, 0.1) is 22.2 Å². The van der Waals surface area contributed by atoms with Gasteiger partial charge in [-0.3, -0.25) is 9.48 Å². The van der Waals surface area contributed by atoms with Crippen LogP contribution >= 0.6 is 11.6 Å². The molecule has 102 valence electrons. The second-order valence-electron chi connectivity index (χ2n) is 4.47. The molecule has 0 N–H and O–H groups in total. The Hall–Kier alpha value is -2.12. The summed E-state index contributed by atoms with van der Waals surface area (Å²) in [6.45, 7) is 2.87. The fourth-order valence-electron chi connectivity index (χ4n) is 1.94. The van der Waals surface area contributed by atoms with Gasteiger partial charge in [0, 0.05) is 18.3 Å². The molecule has 0 amide bonds. The summed E-state index contributed by atoms with van der Waals surface area (Å²) in [5.41, 5.74) is 2.22. The van der Waals surface area contributed by atoms with Crippen molar-refractivity contribution in [1.82, 2.24) is 9.78 Å². The van der Waals surface area contributed by atoms with Crippen molar-refractivity contribution >= 4 is 17.9 Å². The number of hydrogen-bond acceptors (Lipinski definition) is 3. The van der Waals surface area contributed by atoms with Crippen LogP contribution in [0, 0.1) is 11.3 Å². The lowest BCUT2D eigenvalue weighted by Crippen LogP contribution is -1.98. The molecule has 0 saturated carbocycles. The Morgan fingerprint density at radius 1 is 1.50 bits per heavy atom. The van der Waals surface area contributed by atoms with E-state index in [1.54, 1.807) is 29.1 Å². The number of benzene rings is 1. The summed E-state index contributed by atoms with van der Waals surface area (Å²) in [5, 5.41) is 13.7. The third-order valence-electron chi connectivity index (χ3n) is 3.01. The standard InChI is InChI=1S/C15H14ClN3O/c1-2-3-6-19-9-12(10-20)15(18-19)13-5-4-11(8-17)7-14(13)16/h4-5,7,9-10H,2-3,6H2,1H3. The van der Waals surface area contributed by atoms with Crippen molar-refractivity contribution in [3.8, 4) is 17.3 Å². The summed E-state index contributed by atoms with van der Waals surface area (Å²) in [6.07, 6.45) is 4.57. The molecule has 0 aliphatic rings. The van der Waals surface area contributed by atoms with E-state index < -0.39 is 0 Å². The Labute approximate surface area is 122 Å². The van der Waals surface area contributed by atoms with E-state index in [1.165, 1.54) is 0 Å². The molecule has 5 heteroatoms. The van der Waals surface area contributed by atoms with Gasteiger partial charge in [0.15, 0.2) is 6.29 Å². The van der Waals surface area contributed by atoms with E-state index in [0.717, 1.165) is 25.7 Å². The summed E-state index contributed by atoms with van der Waals surface area (Å²) in [7, 11) is 0. The smallest absolute Gasteiger partial charge is 0.153 e. The first-order valence-corrected chi connectivity index (χ1v) is 6.80. The van der Waals surface area contributed by atoms with E-state index in [2.05, 4.69) is 12.0 Å². The zero-order chi connectivity index (χ0) is 14.5. The van der Waals surface area contributed by atoms with Crippen molar-refractivity contribution in [1.29, 1.82) is 5.26 Å². The summed E-state index contributed by atoms with van der Waals surface area (Å²) in [5.74, 6) is 0. The molecule has 0 atom stereocenters. The number of rotatable bonds is 5. The van der Waals surface area contributed by atoms with Crippen LogP contribution < -0.4 is 0 Å². The molecule has 1 heterocycles. The van der Waals surface area contributed by atoms with Crippen LogP contribution in [-0.4, -0.2) is 16.1 Å². The lowest BCUT2D eigenvalue weighted by atomic mass is 10.1. The van der Waals surface area contributed by atoms with Gasteiger partial charge in [0.2, 0.25) is 0 Å². The average Bonchev–Trinajstić information content (AvgIpc) is 2.87. The number of nitriles is 1. The normalized spacial score (nSPS) is 10.2. The molecular formula is C15H14ClN3O. The second-order valence-corrected chi connectivity index (χ2v) is 4.88. The highest BCUT2D eigenvalue weighted by molar-refractivity contribution is 6.33. The van der Waals surface area contributed by atoms with E-state index in [0.29, 0.717) is 27.4 Å². The third-order valence-corrected chi connectivity index (χ3v) is 3.32. The maximum atomic E-state index is 11.2. The van der Waals surface area contributed by atoms with E-state index in [-0.39, 0.29) is 0 Å². The number of carbonyl (C=O) groups excluding carboxylic acids is 1. The van der Waals surface area contributed by atoms with Crippen molar-refractivity contribution in [3.05, 3.63) is 40.5 Å². The van der Waals surface area contributed by atoms with Gasteiger partial charge in [-0.1, -0.05) is 24.9 Å². The van der Waals surface area contributed by atoms with Gasteiger partial charge in [-0.15, -0.1) is 0 Å². The maximum Gasteiger partial charge on any atom is 0.153 e. The number of aldehydes is 1. The van der Waals surface area contributed by atoms with Crippen molar-refractivity contribution in [2.24, 2.45) is 0 Å². The predicted octanol–water partition coefficient (Wildman–Crippen LogP) is 3.69. The van der Waals surface area contributed by atoms with Crippen LogP contribution in [0.15, 0.2) is 24.4 Å². The number of carbonyl (C=O) groups is 1. The minimum atomic E-state index is 0.424. The molecule has 1 aromatic heterocycles. The summed E-state index contributed by atoms with van der Waals surface area (Å²) in [6, 6.07) is 7.00. The van der Waals surface area contributed by atoms with Crippen LogP contribution in [0.2, 0.25) is 5.02 Å². The largest absolute Gasteiger partial charge is 0.298 e. The molecule has 0 bridgehead atoms. The van der Waals surface area contributed by atoms with E-state index in [4.69, 9.17) is 16.9 Å². The highest BCUT2D eigenvalue weighted by atomic mass is 35.5. The van der Waals surface area contributed by atoms with Crippen LogP contribution in [0.3, 0.4) is 0 Å². The molecular weight excluding hydrogens is 274 g/mol. The van der Waals surface area contributed by atoms with Crippen molar-refractivity contribution in [3.63, 3.8) is 0 Å². The second kappa shape index (κ2) is 6.36. The average molecular weight is 288 g/mol. The quantitative estimate of drug-likeness (QED) is 0.788. The highest BCUT2D eigenvalue weighted by Crippen LogP contribution is 2.29. The number of halogens is 1. The van der Waals surface area contributed by atoms with Crippen LogP contribution in [-0.2, 0) is 6.54 Å². The lowest BCUT2D eigenvalue weighted by Gasteiger charge is -2.02. The number of unbranched alkanes of at least 4 members (excludes halogenated alkanes) is 1. The van der Waals surface area contributed by atoms with Crippen molar-refractivity contribution in [2.45, 2.75) is 26.3 Å². The first kappa shape index (κ1) is 14.3. The monoisotopic (exact) mass is 287 g/mol. The Morgan fingerprint density at radius 3 is 2.90 bits per heavy atom. The van der Waals surface area contributed by atoms with Gasteiger partial charge in [-0.25, -0.2) is 0 Å². The van der Waals surface area contributed by atoms with Gasteiger partial charge in [0.25, 0.3) is 0 Å². The molecule has 0 saturated heterocycles. The minimum absolute atomic E-state index is 0.424. The maximum absolute atomic E-state index is 11.2. The molecule has 0 spiro atoms. The van der Waals surface area contributed by atoms with Crippen LogP contribution in [0.25, 0.3) is 11.3 Å². The molecule has 2 rings (SSSR count). The van der Waals surface area contributed by atoms with Crippen LogP contribution in [0.5, 0.6) is 0 Å². The molecule has 0 unspecified atom stereocenters. The van der Waals surface area contributed by atoms with Gasteiger partial charge in [-0.05, 0) is 24.6 Å². The van der Waals surface area contributed by atoms with Gasteiger partial charge in [0.1, 0.15) is 5.69 Å². The molecule has 0 aliphatic heterocycles. The Kier molecular flexibility index (Phi) is 4.54. The van der Waals surface area contributed by atoms with Gasteiger partial charge >= 0.3 is 0 Å². The van der Waals surface area contributed by atoms with E-state index >= 15 is 0 Å². The Balaban J connectivity index is 2.43. The van der Waals surface area contributed by atoms with Crippen LogP contribution in [0.1, 0.15) is 35.7 Å². The van der Waals surface area contributed by atoms with Gasteiger partial charge < -0.3 is 0 Å². The van der Waals surface area contributed by atoms with E-state index in [1.807, 2.05) is 6.07 Å². The Bertz CT molecular complexity index is 670. The first-order valence-electron chi connectivity index (χ1n) is 6.42. The molecule has 4 nitrogen and oxygen atoms in total. The molecule has 0 aliphatic carbocycles. The van der Waals surface area contributed by atoms with Crippen molar-refractivity contribution in [2.75, 3.05) is 0 Å².